The fourth-order valence-electron chi connectivity index (χ4n) is 3.22. The van der Waals surface area contributed by atoms with Crippen molar-refractivity contribution in [3.8, 4) is 0 Å². The van der Waals surface area contributed by atoms with Gasteiger partial charge in [-0.2, -0.15) is 0 Å². The summed E-state index contributed by atoms with van der Waals surface area (Å²) in [6.45, 7) is 1.85. The number of fused-ring (bicyclic) bond motifs is 1. The summed E-state index contributed by atoms with van der Waals surface area (Å²) < 4.78 is 28.3. The summed E-state index contributed by atoms with van der Waals surface area (Å²) in [5.41, 5.74) is 0.438. The first-order valence-electron chi connectivity index (χ1n) is 8.53. The first-order valence-corrected chi connectivity index (χ1v) is 8.53. The molecule has 0 bridgehead atoms. The molecule has 1 N–H and O–H groups in total. The quantitative estimate of drug-likeness (QED) is 0.761. The van der Waals surface area contributed by atoms with Crippen LogP contribution >= 0.6 is 0 Å². The molecule has 26 heavy (non-hydrogen) atoms. The second-order valence-corrected chi connectivity index (χ2v) is 6.33. The molecule has 0 spiro atoms. The van der Waals surface area contributed by atoms with Crippen LogP contribution in [0.2, 0.25) is 0 Å². The molecule has 3 aromatic rings. The van der Waals surface area contributed by atoms with Gasteiger partial charge in [0.1, 0.15) is 17.2 Å². The Balaban J connectivity index is 1.64. The van der Waals surface area contributed by atoms with E-state index in [0.29, 0.717) is 5.39 Å². The number of aromatic nitrogens is 1. The maximum atomic E-state index is 14.5. The molecule has 1 aliphatic rings. The van der Waals surface area contributed by atoms with Crippen LogP contribution in [-0.2, 0) is 0 Å². The molecule has 6 heteroatoms. The largest absolute Gasteiger partial charge is 0.357 e. The third kappa shape index (κ3) is 3.10. The van der Waals surface area contributed by atoms with Gasteiger partial charge in [-0.1, -0.05) is 12.1 Å². The Bertz CT molecular complexity index is 984. The van der Waals surface area contributed by atoms with Crippen LogP contribution < -0.4 is 10.2 Å². The molecule has 0 aliphatic carbocycles. The maximum absolute atomic E-state index is 14.5. The molecule has 2 heterocycles. The highest BCUT2D eigenvalue weighted by Gasteiger charge is 2.16. The molecule has 4 nitrogen and oxygen atoms in total. The standard InChI is InChI=1S/C20H17F2N3O/c21-16-6-2-1-5-15(16)20(26)23-14-11-13-7-8-18(25-9-3-4-10-25)24-19(13)17(22)12-14/h1-2,5-8,11-12H,3-4,9-10H2,(H,23,26). The van der Waals surface area contributed by atoms with E-state index < -0.39 is 17.5 Å². The number of hydrogen-bond acceptors (Lipinski definition) is 3. The topological polar surface area (TPSA) is 45.2 Å². The Hall–Kier alpha value is -3.02. The molecule has 1 aliphatic heterocycles. The smallest absolute Gasteiger partial charge is 0.258 e. The van der Waals surface area contributed by atoms with Crippen molar-refractivity contribution in [3.05, 3.63) is 65.7 Å². The van der Waals surface area contributed by atoms with E-state index in [1.165, 1.54) is 24.3 Å². The monoisotopic (exact) mass is 353 g/mol. The summed E-state index contributed by atoms with van der Waals surface area (Å²) in [5.74, 6) is -1.00. The van der Waals surface area contributed by atoms with Crippen LogP contribution in [0.4, 0.5) is 20.3 Å². The van der Waals surface area contributed by atoms with Crippen LogP contribution in [0, 0.1) is 11.6 Å². The molecule has 0 radical (unpaired) electrons. The van der Waals surface area contributed by atoms with Gasteiger partial charge in [0.25, 0.3) is 5.91 Å². The molecule has 0 atom stereocenters. The number of amides is 1. The number of rotatable bonds is 3. The lowest BCUT2D eigenvalue weighted by Gasteiger charge is -2.17. The van der Waals surface area contributed by atoms with Gasteiger partial charge in [-0.05, 0) is 49.2 Å². The number of halogens is 2. The molecule has 0 unspecified atom stereocenters. The number of carbonyl (C=O) groups is 1. The minimum Gasteiger partial charge on any atom is -0.357 e. The zero-order valence-corrected chi connectivity index (χ0v) is 14.0. The van der Waals surface area contributed by atoms with E-state index in [0.717, 1.165) is 31.7 Å². The molecule has 1 saturated heterocycles. The molecule has 0 saturated carbocycles. The third-order valence-corrected chi connectivity index (χ3v) is 4.54. The first kappa shape index (κ1) is 16.4. The van der Waals surface area contributed by atoms with Gasteiger partial charge in [-0.25, -0.2) is 13.8 Å². The summed E-state index contributed by atoms with van der Waals surface area (Å²) in [7, 11) is 0. The normalized spacial score (nSPS) is 14.0. The van der Waals surface area contributed by atoms with Crippen molar-refractivity contribution >= 4 is 28.3 Å². The predicted molar refractivity (Wildman–Crippen MR) is 97.5 cm³/mol. The minimum atomic E-state index is -0.622. The summed E-state index contributed by atoms with van der Waals surface area (Å²) in [5, 5.41) is 3.12. The Kier molecular flexibility index (Phi) is 4.24. The van der Waals surface area contributed by atoms with E-state index in [1.807, 2.05) is 6.07 Å². The Labute approximate surface area is 149 Å². The number of carbonyl (C=O) groups excluding carboxylic acids is 1. The maximum Gasteiger partial charge on any atom is 0.258 e. The van der Waals surface area contributed by atoms with Crippen molar-refractivity contribution in [2.24, 2.45) is 0 Å². The van der Waals surface area contributed by atoms with Gasteiger partial charge in [-0.15, -0.1) is 0 Å². The number of hydrogen-bond donors (Lipinski definition) is 1. The Morgan fingerprint density at radius 1 is 1.00 bits per heavy atom. The molecule has 1 fully saturated rings. The zero-order chi connectivity index (χ0) is 18.1. The minimum absolute atomic E-state index is 0.0875. The van der Waals surface area contributed by atoms with Gasteiger partial charge < -0.3 is 10.2 Å². The van der Waals surface area contributed by atoms with Crippen LogP contribution in [0.15, 0.2) is 48.5 Å². The number of pyridine rings is 1. The van der Waals surface area contributed by atoms with Crippen molar-refractivity contribution < 1.29 is 13.6 Å². The van der Waals surface area contributed by atoms with Gasteiger partial charge in [0.2, 0.25) is 0 Å². The van der Waals surface area contributed by atoms with Gasteiger partial charge in [0, 0.05) is 24.2 Å². The fraction of sp³-hybridized carbons (Fsp3) is 0.200. The zero-order valence-electron chi connectivity index (χ0n) is 14.0. The first-order chi connectivity index (χ1) is 12.6. The molecular formula is C20H17F2N3O. The second kappa shape index (κ2) is 6.71. The molecule has 2 aromatic carbocycles. The van der Waals surface area contributed by atoms with E-state index in [-0.39, 0.29) is 16.8 Å². The number of benzene rings is 2. The van der Waals surface area contributed by atoms with Crippen molar-refractivity contribution in [1.82, 2.24) is 4.98 Å². The average Bonchev–Trinajstić information content (AvgIpc) is 3.16. The van der Waals surface area contributed by atoms with Gasteiger partial charge in [0.15, 0.2) is 5.82 Å². The SMILES string of the molecule is O=C(Nc1cc(F)c2nc(N3CCCC3)ccc2c1)c1ccccc1F. The van der Waals surface area contributed by atoms with E-state index in [4.69, 9.17) is 0 Å². The van der Waals surface area contributed by atoms with E-state index in [1.54, 1.807) is 18.2 Å². The van der Waals surface area contributed by atoms with Gasteiger partial charge in [0.05, 0.1) is 5.56 Å². The second-order valence-electron chi connectivity index (χ2n) is 6.33. The van der Waals surface area contributed by atoms with Crippen LogP contribution in [-0.4, -0.2) is 24.0 Å². The lowest BCUT2D eigenvalue weighted by Crippen LogP contribution is -2.18. The van der Waals surface area contributed by atoms with E-state index >= 15 is 0 Å². The summed E-state index contributed by atoms with van der Waals surface area (Å²) in [4.78, 5) is 18.8. The highest BCUT2D eigenvalue weighted by atomic mass is 19.1. The van der Waals surface area contributed by atoms with Gasteiger partial charge >= 0.3 is 0 Å². The Morgan fingerprint density at radius 2 is 1.77 bits per heavy atom. The van der Waals surface area contributed by atoms with Crippen molar-refractivity contribution in [2.45, 2.75) is 12.8 Å². The van der Waals surface area contributed by atoms with Crippen molar-refractivity contribution in [3.63, 3.8) is 0 Å². The van der Waals surface area contributed by atoms with Gasteiger partial charge in [-0.3, -0.25) is 4.79 Å². The molecule has 1 amide bonds. The van der Waals surface area contributed by atoms with Crippen LogP contribution in [0.1, 0.15) is 23.2 Å². The predicted octanol–water partition coefficient (Wildman–Crippen LogP) is 4.37. The number of nitrogens with one attached hydrogen (secondary N) is 1. The third-order valence-electron chi connectivity index (χ3n) is 4.54. The van der Waals surface area contributed by atoms with Crippen molar-refractivity contribution in [1.29, 1.82) is 0 Å². The summed E-state index contributed by atoms with van der Waals surface area (Å²) in [6.07, 6.45) is 2.23. The Morgan fingerprint density at radius 3 is 2.54 bits per heavy atom. The fourth-order valence-corrected chi connectivity index (χ4v) is 3.22. The van der Waals surface area contributed by atoms with E-state index in [2.05, 4.69) is 15.2 Å². The summed E-state index contributed by atoms with van der Waals surface area (Å²) in [6, 6.07) is 12.2. The average molecular weight is 353 g/mol. The van der Waals surface area contributed by atoms with E-state index in [9.17, 15) is 13.6 Å². The van der Waals surface area contributed by atoms with Crippen LogP contribution in [0.25, 0.3) is 10.9 Å². The number of anilines is 2. The molecule has 1 aromatic heterocycles. The van der Waals surface area contributed by atoms with Crippen LogP contribution in [0.5, 0.6) is 0 Å². The summed E-state index contributed by atoms with van der Waals surface area (Å²) >= 11 is 0. The molecule has 4 rings (SSSR count). The van der Waals surface area contributed by atoms with Crippen LogP contribution in [0.3, 0.4) is 0 Å². The lowest BCUT2D eigenvalue weighted by atomic mass is 10.1. The lowest BCUT2D eigenvalue weighted by molar-refractivity contribution is 0.102. The van der Waals surface area contributed by atoms with Crippen molar-refractivity contribution in [2.75, 3.05) is 23.3 Å². The number of nitrogens with zero attached hydrogens (tertiary/aromatic N) is 2. The molecule has 132 valence electrons. The highest BCUT2D eigenvalue weighted by molar-refractivity contribution is 6.05. The molecular weight excluding hydrogens is 336 g/mol. The highest BCUT2D eigenvalue weighted by Crippen LogP contribution is 2.26.